The van der Waals surface area contributed by atoms with Crippen LogP contribution >= 0.6 is 0 Å². The van der Waals surface area contributed by atoms with Crippen molar-refractivity contribution in [3.8, 4) is 5.75 Å². The highest BCUT2D eigenvalue weighted by molar-refractivity contribution is 7.89. The van der Waals surface area contributed by atoms with Gasteiger partial charge in [0.15, 0.2) is 0 Å². The van der Waals surface area contributed by atoms with Gasteiger partial charge in [-0.2, -0.15) is 4.31 Å². The van der Waals surface area contributed by atoms with Crippen LogP contribution in [0.15, 0.2) is 47.5 Å². The number of likely N-dealkylation sites (N-methyl/N-ethyl adjacent to an activating group) is 1. The first-order valence-corrected chi connectivity index (χ1v) is 8.75. The van der Waals surface area contributed by atoms with Gasteiger partial charge in [-0.3, -0.25) is 9.78 Å². The monoisotopic (exact) mass is 367 g/mol. The number of pyridine rings is 1. The first-order chi connectivity index (χ1) is 11.8. The number of hydrogen-bond acceptors (Lipinski definition) is 5. The number of methoxy groups -OCH3 is 1. The topological polar surface area (TPSA) is 88.6 Å². The Kier molecular flexibility index (Phi) is 6.05. The average molecular weight is 367 g/mol. The lowest BCUT2D eigenvalue weighted by Gasteiger charge is -2.18. The molecule has 0 bridgehead atoms. The van der Waals surface area contributed by atoms with E-state index < -0.39 is 28.3 Å². The number of ether oxygens (including phenoxy) is 1. The van der Waals surface area contributed by atoms with E-state index in [1.807, 2.05) is 0 Å². The summed E-state index contributed by atoms with van der Waals surface area (Å²) in [5, 5.41) is 2.58. The van der Waals surface area contributed by atoms with E-state index >= 15 is 0 Å². The number of benzene rings is 1. The minimum Gasteiger partial charge on any atom is -0.495 e. The minimum atomic E-state index is -4.09. The summed E-state index contributed by atoms with van der Waals surface area (Å²) in [4.78, 5) is 15.7. The van der Waals surface area contributed by atoms with Crippen LogP contribution in [-0.4, -0.2) is 44.3 Å². The molecule has 1 aromatic heterocycles. The molecular weight excluding hydrogens is 349 g/mol. The number of halogens is 1. The van der Waals surface area contributed by atoms with Crippen LogP contribution in [0, 0.1) is 5.82 Å². The maximum atomic E-state index is 13.4. The van der Waals surface area contributed by atoms with E-state index in [0.29, 0.717) is 5.69 Å². The number of carbonyl (C=O) groups is 1. The van der Waals surface area contributed by atoms with Crippen molar-refractivity contribution < 1.29 is 22.3 Å². The number of nitrogens with zero attached hydrogens (tertiary/aromatic N) is 2. The molecule has 0 fully saturated rings. The molecule has 0 atom stereocenters. The molecule has 1 heterocycles. The molecule has 1 aromatic carbocycles. The third-order valence-corrected chi connectivity index (χ3v) is 5.20. The highest BCUT2D eigenvalue weighted by Gasteiger charge is 2.27. The average Bonchev–Trinajstić information content (AvgIpc) is 2.60. The summed E-state index contributed by atoms with van der Waals surface area (Å²) in [6.45, 7) is -0.244. The Bertz CT molecular complexity index is 844. The number of rotatable bonds is 7. The zero-order chi connectivity index (χ0) is 18.4. The van der Waals surface area contributed by atoms with Crippen molar-refractivity contribution in [2.45, 2.75) is 11.4 Å². The van der Waals surface area contributed by atoms with E-state index in [0.717, 1.165) is 16.4 Å². The lowest BCUT2D eigenvalue weighted by Crippen LogP contribution is -2.38. The van der Waals surface area contributed by atoms with Gasteiger partial charge in [0.1, 0.15) is 16.5 Å². The molecule has 1 amide bonds. The van der Waals surface area contributed by atoms with Gasteiger partial charge in [-0.15, -0.1) is 0 Å². The molecule has 0 spiro atoms. The van der Waals surface area contributed by atoms with Crippen LogP contribution in [0.5, 0.6) is 5.75 Å². The van der Waals surface area contributed by atoms with E-state index in [-0.39, 0.29) is 17.2 Å². The molecule has 134 valence electrons. The molecular formula is C16H18FN3O4S. The number of aromatic nitrogens is 1. The summed E-state index contributed by atoms with van der Waals surface area (Å²) in [5.41, 5.74) is 0.646. The first kappa shape index (κ1) is 18.8. The highest BCUT2D eigenvalue weighted by atomic mass is 32.2. The van der Waals surface area contributed by atoms with Gasteiger partial charge < -0.3 is 10.1 Å². The lowest BCUT2D eigenvalue weighted by molar-refractivity contribution is -0.121. The summed E-state index contributed by atoms with van der Waals surface area (Å²) in [5.74, 6) is -1.22. The predicted octanol–water partition coefficient (Wildman–Crippen LogP) is 1.17. The molecule has 0 aliphatic carbocycles. The molecule has 7 nitrogen and oxygen atoms in total. The van der Waals surface area contributed by atoms with Crippen LogP contribution < -0.4 is 10.1 Å². The van der Waals surface area contributed by atoms with Crippen molar-refractivity contribution >= 4 is 15.9 Å². The third-order valence-electron chi connectivity index (χ3n) is 3.37. The fourth-order valence-corrected chi connectivity index (χ4v) is 3.35. The molecule has 0 radical (unpaired) electrons. The molecule has 0 aliphatic heterocycles. The Balaban J connectivity index is 2.07. The van der Waals surface area contributed by atoms with Crippen LogP contribution in [0.2, 0.25) is 0 Å². The zero-order valence-electron chi connectivity index (χ0n) is 13.8. The van der Waals surface area contributed by atoms with Crippen molar-refractivity contribution in [2.24, 2.45) is 0 Å². The summed E-state index contributed by atoms with van der Waals surface area (Å²) in [7, 11) is -1.57. The van der Waals surface area contributed by atoms with Gasteiger partial charge in [-0.1, -0.05) is 6.07 Å². The Morgan fingerprint density at radius 2 is 2.08 bits per heavy atom. The van der Waals surface area contributed by atoms with Crippen molar-refractivity contribution in [3.63, 3.8) is 0 Å². The SMILES string of the molecule is COc1ccc(F)cc1S(=O)(=O)N(C)CC(=O)NCc1ccccn1. The lowest BCUT2D eigenvalue weighted by atomic mass is 10.3. The smallest absolute Gasteiger partial charge is 0.247 e. The summed E-state index contributed by atoms with van der Waals surface area (Å²) >= 11 is 0. The molecule has 2 aromatic rings. The molecule has 0 saturated heterocycles. The molecule has 2 rings (SSSR count). The van der Waals surface area contributed by atoms with Crippen molar-refractivity contribution in [2.75, 3.05) is 20.7 Å². The number of carbonyl (C=O) groups excluding carboxylic acids is 1. The van der Waals surface area contributed by atoms with E-state index in [4.69, 9.17) is 4.74 Å². The molecule has 0 saturated carbocycles. The second-order valence-corrected chi connectivity index (χ2v) is 7.17. The molecule has 0 aliphatic rings. The van der Waals surface area contributed by atoms with Crippen LogP contribution in [0.25, 0.3) is 0 Å². The largest absolute Gasteiger partial charge is 0.495 e. The van der Waals surface area contributed by atoms with Gasteiger partial charge in [0.05, 0.1) is 25.9 Å². The van der Waals surface area contributed by atoms with E-state index in [1.54, 1.807) is 24.4 Å². The standard InChI is InChI=1S/C16H18FN3O4S/c1-20(11-16(21)19-10-13-5-3-4-8-18-13)25(22,23)15-9-12(17)6-7-14(15)24-2/h3-9H,10-11H2,1-2H3,(H,19,21). The van der Waals surface area contributed by atoms with Crippen LogP contribution in [0.3, 0.4) is 0 Å². The van der Waals surface area contributed by atoms with Crippen LogP contribution in [0.1, 0.15) is 5.69 Å². The highest BCUT2D eigenvalue weighted by Crippen LogP contribution is 2.26. The molecule has 25 heavy (non-hydrogen) atoms. The van der Waals surface area contributed by atoms with E-state index in [1.165, 1.54) is 20.2 Å². The summed E-state index contributed by atoms with van der Waals surface area (Å²) in [6.07, 6.45) is 1.59. The Morgan fingerprint density at radius 1 is 1.32 bits per heavy atom. The first-order valence-electron chi connectivity index (χ1n) is 7.31. The normalized spacial score (nSPS) is 11.4. The fraction of sp³-hybridized carbons (Fsp3) is 0.250. The van der Waals surface area contributed by atoms with Crippen molar-refractivity contribution in [3.05, 3.63) is 54.1 Å². The molecule has 0 unspecified atom stereocenters. The molecule has 9 heteroatoms. The van der Waals surface area contributed by atoms with Gasteiger partial charge in [-0.05, 0) is 30.3 Å². The minimum absolute atomic E-state index is 0.00198. The number of amides is 1. The summed E-state index contributed by atoms with van der Waals surface area (Å²) < 4.78 is 44.3. The Hall–Kier alpha value is -2.52. The van der Waals surface area contributed by atoms with E-state index in [2.05, 4.69) is 10.3 Å². The predicted molar refractivity (Wildman–Crippen MR) is 88.9 cm³/mol. The molecule has 1 N–H and O–H groups in total. The summed E-state index contributed by atoms with van der Waals surface area (Å²) in [6, 6.07) is 8.43. The maximum Gasteiger partial charge on any atom is 0.247 e. The van der Waals surface area contributed by atoms with Gasteiger partial charge in [0.2, 0.25) is 15.9 Å². The Labute approximate surface area is 145 Å². The number of hydrogen-bond donors (Lipinski definition) is 1. The van der Waals surface area contributed by atoms with Crippen LogP contribution in [-0.2, 0) is 21.4 Å². The number of sulfonamides is 1. The van der Waals surface area contributed by atoms with E-state index in [9.17, 15) is 17.6 Å². The zero-order valence-corrected chi connectivity index (χ0v) is 14.6. The van der Waals surface area contributed by atoms with Gasteiger partial charge in [0.25, 0.3) is 0 Å². The second-order valence-electron chi connectivity index (χ2n) is 5.15. The quantitative estimate of drug-likeness (QED) is 0.794. The maximum absolute atomic E-state index is 13.4. The van der Waals surface area contributed by atoms with Gasteiger partial charge in [0, 0.05) is 13.2 Å². The Morgan fingerprint density at radius 3 is 2.72 bits per heavy atom. The second kappa shape index (κ2) is 8.04. The van der Waals surface area contributed by atoms with Crippen LogP contribution in [0.4, 0.5) is 4.39 Å². The van der Waals surface area contributed by atoms with Gasteiger partial charge >= 0.3 is 0 Å². The number of nitrogens with one attached hydrogen (secondary N) is 1. The third kappa shape index (κ3) is 4.74. The fourth-order valence-electron chi connectivity index (χ4n) is 2.05. The van der Waals surface area contributed by atoms with Crippen molar-refractivity contribution in [1.29, 1.82) is 0 Å². The van der Waals surface area contributed by atoms with Crippen molar-refractivity contribution in [1.82, 2.24) is 14.6 Å². The van der Waals surface area contributed by atoms with Gasteiger partial charge in [-0.25, -0.2) is 12.8 Å².